The zero-order chi connectivity index (χ0) is 85.1. The number of benzene rings is 6. The van der Waals surface area contributed by atoms with Gasteiger partial charge in [0.05, 0.1) is 56.5 Å². The molecule has 31 nitrogen and oxygen atoms in total. The van der Waals surface area contributed by atoms with E-state index in [2.05, 4.69) is 128 Å². The predicted octanol–water partition coefficient (Wildman–Crippen LogP) is 9.58. The summed E-state index contributed by atoms with van der Waals surface area (Å²) in [5.74, 6) is 0.154. The number of aromatic nitrogens is 9. The number of pyridine rings is 3. The van der Waals surface area contributed by atoms with Gasteiger partial charge in [-0.15, -0.1) is 0 Å². The molecule has 0 bridgehead atoms. The molecule has 12 aromatic rings. The summed E-state index contributed by atoms with van der Waals surface area (Å²) in [6, 6.07) is 46.2. The number of carbonyl (C=O) groups excluding carboxylic acids is 3. The van der Waals surface area contributed by atoms with E-state index in [1.165, 1.54) is 92.6 Å². The highest BCUT2D eigenvalue weighted by atomic mass is 32.2. The predicted molar refractivity (Wildman–Crippen MR) is 466 cm³/mol. The fourth-order valence-electron chi connectivity index (χ4n) is 15.2. The molecular formula is C89H100N18O13S. The van der Waals surface area contributed by atoms with Crippen LogP contribution in [0.15, 0.2) is 191 Å². The number of aliphatic hydroxyl groups is 2. The number of aliphatic hydroxyl groups excluding tert-OH is 2. The van der Waals surface area contributed by atoms with Crippen molar-refractivity contribution in [1.82, 2.24) is 75.2 Å². The van der Waals surface area contributed by atoms with Crippen LogP contribution in [0.25, 0.3) is 50.2 Å². The Bertz CT molecular complexity index is 5960. The second-order valence-electron chi connectivity index (χ2n) is 29.9. The van der Waals surface area contributed by atoms with E-state index >= 15 is 0 Å². The van der Waals surface area contributed by atoms with Gasteiger partial charge in [0.25, 0.3) is 17.7 Å². The second kappa shape index (κ2) is 40.6. The number of fused-ring (bicyclic) bond motifs is 4. The van der Waals surface area contributed by atoms with Crippen molar-refractivity contribution in [3.8, 4) is 17.1 Å². The molecule has 0 unspecified atom stereocenters. The minimum atomic E-state index is -2.96. The first-order chi connectivity index (χ1) is 58.7. The Hall–Kier alpha value is -12.4. The van der Waals surface area contributed by atoms with E-state index in [1.807, 2.05) is 103 Å². The number of rotatable bonds is 29. The fraction of sp³-hybridized carbons (Fsp3) is 0.326. The van der Waals surface area contributed by atoms with Crippen molar-refractivity contribution >= 4 is 95.6 Å². The average Bonchev–Trinajstić information content (AvgIpc) is 1.19. The smallest absolute Gasteiger partial charge is 0.280 e. The molecule has 3 amide bonds. The number of carbonyl (C=O) groups is 3. The molecule has 0 saturated carbocycles. The summed E-state index contributed by atoms with van der Waals surface area (Å²) in [6.07, 6.45) is 19.9. The molecule has 8 heterocycles. The van der Waals surface area contributed by atoms with Crippen molar-refractivity contribution in [2.75, 3.05) is 115 Å². The third-order valence-corrected chi connectivity index (χ3v) is 22.8. The van der Waals surface area contributed by atoms with Crippen LogP contribution in [0, 0.1) is 0 Å². The SMILES string of the molecule is CCc1ccc(-n2cc(C(=O)NOC)c(=O)c3cnc(Nc4ccc(C5CCN(CCO)CC5)cc4)nc32)cc1.CCc1ccc(-n2cc(C(=O)NOC)c(=O)c3cnc(Nc4ccc(C5CCN(CCS(C)(=O)=O)CC5)cc4)nc32)cc1.CONC(=O)c1cn(-c2ccc3c(c2)CCC3)c2nc(Nc3ccc(CCNCCO)cc3)ncc2c1=O. The highest BCUT2D eigenvalue weighted by Crippen LogP contribution is 2.33. The molecule has 2 fully saturated rings. The summed E-state index contributed by atoms with van der Waals surface area (Å²) in [7, 11) is 0.985. The summed E-state index contributed by atoms with van der Waals surface area (Å²) < 4.78 is 28.2. The number of β-amino-alcohol motifs (C(OH)–C–C–N with tert-alkyl or cyclic N) is 1. The lowest BCUT2D eigenvalue weighted by molar-refractivity contribution is 0.0532. The van der Waals surface area contributed by atoms with Gasteiger partial charge in [0.2, 0.25) is 34.1 Å². The standard InChI is InChI=1S/C31H36N6O5S.C30H34N6O4.C28H30N6O4/c1-4-21-5-11-25(12-6-21)37-20-27(30(39)35-42-2)28(38)26-19-32-31(34-29(26)37)33-24-9-7-22(8-10-24)23-13-15-36(16-14-23)17-18-43(3,40)41;1-3-20-4-10-24(11-5-20)36-19-26(29(39)34-40-2)27(38)25-18-31-30(33-28(25)36)32-23-8-6-21(7-9-23)22-12-14-35(15-13-22)16-17-37;1-38-33-27(37)24-17-34(22-10-7-19-3-2-4-20(19)15-22)26-23(25(24)36)16-30-28(32-26)31-21-8-5-18(6-9-21)11-12-29-13-14-35/h5-12,19-20,23H,4,13-18H2,1-3H3,(H,35,39)(H,32,33,34);4-11,18-19,22,37H,3,12-17H2,1-2H3,(H,34,39)(H,31,32,33);5-10,15-17,29,35H,2-4,11-14H2,1H3,(H,33,37)(H,30,31,32). The van der Waals surface area contributed by atoms with Crippen LogP contribution in [0.3, 0.4) is 0 Å². The fourth-order valence-corrected chi connectivity index (χ4v) is 15.8. The molecule has 3 aliphatic rings. The molecule has 0 atom stereocenters. The third-order valence-electron chi connectivity index (χ3n) is 21.9. The van der Waals surface area contributed by atoms with E-state index in [0.29, 0.717) is 59.7 Å². The molecule has 32 heteroatoms. The third kappa shape index (κ3) is 21.6. The van der Waals surface area contributed by atoms with Gasteiger partial charge in [-0.3, -0.25) is 43.3 Å². The minimum absolute atomic E-state index is 0.0618. The summed E-state index contributed by atoms with van der Waals surface area (Å²) in [4.78, 5) is 123. The van der Waals surface area contributed by atoms with Gasteiger partial charge in [-0.25, -0.2) is 39.8 Å². The van der Waals surface area contributed by atoms with Crippen molar-refractivity contribution < 1.29 is 47.5 Å². The first kappa shape index (κ1) is 86.5. The molecule has 0 spiro atoms. The number of aryl methyl sites for hydroxylation is 4. The Balaban J connectivity index is 0.000000157. The minimum Gasteiger partial charge on any atom is -0.395 e. The Kier molecular flexibility index (Phi) is 29.0. The van der Waals surface area contributed by atoms with E-state index in [1.54, 1.807) is 13.7 Å². The molecule has 630 valence electrons. The van der Waals surface area contributed by atoms with Crippen molar-refractivity contribution in [2.24, 2.45) is 0 Å². The van der Waals surface area contributed by atoms with Crippen molar-refractivity contribution in [3.05, 3.63) is 263 Å². The summed E-state index contributed by atoms with van der Waals surface area (Å²) in [6.45, 7) is 10.9. The van der Waals surface area contributed by atoms with Crippen LogP contribution >= 0.6 is 0 Å². The lowest BCUT2D eigenvalue weighted by Crippen LogP contribution is -2.36. The molecule has 6 aromatic heterocycles. The summed E-state index contributed by atoms with van der Waals surface area (Å²) in [5.41, 5.74) is 19.5. The highest BCUT2D eigenvalue weighted by Gasteiger charge is 2.27. The number of hydrogen-bond donors (Lipinski definition) is 9. The number of amides is 3. The normalized spacial score (nSPS) is 13.9. The Morgan fingerprint density at radius 2 is 0.835 bits per heavy atom. The second-order valence-corrected chi connectivity index (χ2v) is 32.2. The maximum atomic E-state index is 13.2. The Morgan fingerprint density at radius 1 is 0.463 bits per heavy atom. The monoisotopic (exact) mass is 1660 g/mol. The first-order valence-corrected chi connectivity index (χ1v) is 42.5. The van der Waals surface area contributed by atoms with Gasteiger partial charge in [0, 0.05) is 97.2 Å². The van der Waals surface area contributed by atoms with Crippen LogP contribution < -0.4 is 54.0 Å². The van der Waals surface area contributed by atoms with Crippen LogP contribution in [0.5, 0.6) is 0 Å². The molecule has 15 rings (SSSR count). The Morgan fingerprint density at radius 3 is 1.21 bits per heavy atom. The number of hydroxylamine groups is 3. The van der Waals surface area contributed by atoms with Gasteiger partial charge >= 0.3 is 0 Å². The number of piperidine rings is 2. The van der Waals surface area contributed by atoms with Gasteiger partial charge < -0.3 is 55.0 Å². The summed E-state index contributed by atoms with van der Waals surface area (Å²) >= 11 is 0. The van der Waals surface area contributed by atoms with Crippen molar-refractivity contribution in [3.63, 3.8) is 0 Å². The number of hydrogen-bond acceptors (Lipinski definition) is 25. The van der Waals surface area contributed by atoms with Crippen molar-refractivity contribution in [2.45, 2.75) is 89.9 Å². The van der Waals surface area contributed by atoms with Crippen molar-refractivity contribution in [1.29, 1.82) is 0 Å². The molecule has 0 radical (unpaired) electrons. The quantitative estimate of drug-likeness (QED) is 0.0155. The summed E-state index contributed by atoms with van der Waals surface area (Å²) in [5, 5.41) is 31.6. The van der Waals surface area contributed by atoms with Gasteiger partial charge in [-0.2, -0.15) is 15.0 Å². The average molecular weight is 1660 g/mol. The molecule has 2 aliphatic heterocycles. The molecule has 121 heavy (non-hydrogen) atoms. The maximum absolute atomic E-state index is 13.2. The number of nitrogens with one attached hydrogen (secondary N) is 7. The van der Waals surface area contributed by atoms with Crippen LogP contribution in [0.4, 0.5) is 34.9 Å². The van der Waals surface area contributed by atoms with Gasteiger partial charge in [-0.1, -0.05) is 80.6 Å². The van der Waals surface area contributed by atoms with Crippen LogP contribution in [0.1, 0.15) is 128 Å². The lowest BCUT2D eigenvalue weighted by Gasteiger charge is -2.32. The van der Waals surface area contributed by atoms with E-state index < -0.39 is 43.8 Å². The zero-order valence-corrected chi connectivity index (χ0v) is 69.3. The number of sulfone groups is 1. The van der Waals surface area contributed by atoms with E-state index in [9.17, 15) is 42.3 Å². The van der Waals surface area contributed by atoms with Crippen LogP contribution in [0.2, 0.25) is 0 Å². The van der Waals surface area contributed by atoms with Crippen LogP contribution in [-0.2, 0) is 56.5 Å². The van der Waals surface area contributed by atoms with Gasteiger partial charge in [0.15, 0.2) is 16.9 Å². The molecule has 6 aromatic carbocycles. The maximum Gasteiger partial charge on any atom is 0.280 e. The van der Waals surface area contributed by atoms with E-state index in [0.717, 1.165) is 149 Å². The largest absolute Gasteiger partial charge is 0.395 e. The molecule has 1 aliphatic carbocycles. The molecule has 9 N–H and O–H groups in total. The number of anilines is 6. The van der Waals surface area contributed by atoms with E-state index in [-0.39, 0.29) is 51.8 Å². The molecule has 2 saturated heterocycles. The number of likely N-dealkylation sites (tertiary alicyclic amines) is 2. The number of nitrogens with zero attached hydrogens (tertiary/aromatic N) is 11. The lowest BCUT2D eigenvalue weighted by atomic mass is 9.89. The molecular weight excluding hydrogens is 1560 g/mol. The topological polar surface area (TPSA) is 388 Å². The van der Waals surface area contributed by atoms with Gasteiger partial charge in [0.1, 0.15) is 26.5 Å². The first-order valence-electron chi connectivity index (χ1n) is 40.5. The van der Waals surface area contributed by atoms with Gasteiger partial charge in [-0.05, 0) is 221 Å². The van der Waals surface area contributed by atoms with Crippen LogP contribution in [-0.4, -0.2) is 189 Å². The Labute approximate surface area is 699 Å². The highest BCUT2D eigenvalue weighted by molar-refractivity contribution is 7.90. The zero-order valence-electron chi connectivity index (χ0n) is 68.5. The van der Waals surface area contributed by atoms with E-state index in [4.69, 9.17) is 19.6 Å².